The van der Waals surface area contributed by atoms with Gasteiger partial charge in [-0.25, -0.2) is 0 Å². The van der Waals surface area contributed by atoms with Gasteiger partial charge >= 0.3 is 0 Å². The SMILES string of the molecule is C=C(O)COCCCCOCC(C)O. The average Bonchev–Trinajstić information content (AvgIpc) is 2.08. The quantitative estimate of drug-likeness (QED) is 0.438. The fraction of sp³-hybridized carbons (Fsp3) is 0.800. The first-order chi connectivity index (χ1) is 6.63. The van der Waals surface area contributed by atoms with Crippen molar-refractivity contribution in [3.8, 4) is 0 Å². The molecule has 4 heteroatoms. The Hall–Kier alpha value is -0.580. The van der Waals surface area contributed by atoms with E-state index in [2.05, 4.69) is 6.58 Å². The first-order valence-electron chi connectivity index (χ1n) is 4.83. The van der Waals surface area contributed by atoms with E-state index in [9.17, 15) is 0 Å². The molecule has 0 aromatic carbocycles. The van der Waals surface area contributed by atoms with Gasteiger partial charge in [-0.3, -0.25) is 0 Å². The number of ether oxygens (including phenoxy) is 2. The Morgan fingerprint density at radius 1 is 1.29 bits per heavy atom. The third-order valence-corrected chi connectivity index (χ3v) is 1.46. The van der Waals surface area contributed by atoms with E-state index >= 15 is 0 Å². The van der Waals surface area contributed by atoms with E-state index in [1.807, 2.05) is 0 Å². The topological polar surface area (TPSA) is 58.9 Å². The molecule has 0 aliphatic heterocycles. The molecule has 0 aromatic rings. The van der Waals surface area contributed by atoms with Crippen LogP contribution in [-0.4, -0.2) is 42.7 Å². The molecule has 0 saturated heterocycles. The van der Waals surface area contributed by atoms with Crippen molar-refractivity contribution in [2.45, 2.75) is 25.9 Å². The summed E-state index contributed by atoms with van der Waals surface area (Å²) in [5.41, 5.74) is 0. The average molecular weight is 204 g/mol. The zero-order chi connectivity index (χ0) is 10.8. The van der Waals surface area contributed by atoms with Crippen LogP contribution in [0.15, 0.2) is 12.3 Å². The fourth-order valence-electron chi connectivity index (χ4n) is 0.852. The number of aliphatic hydroxyl groups is 2. The largest absolute Gasteiger partial charge is 0.510 e. The Morgan fingerprint density at radius 3 is 2.36 bits per heavy atom. The van der Waals surface area contributed by atoms with E-state index < -0.39 is 6.10 Å². The van der Waals surface area contributed by atoms with Crippen molar-refractivity contribution in [2.24, 2.45) is 0 Å². The number of hydrogen-bond donors (Lipinski definition) is 2. The van der Waals surface area contributed by atoms with E-state index in [0.717, 1.165) is 12.8 Å². The van der Waals surface area contributed by atoms with Crippen molar-refractivity contribution >= 4 is 0 Å². The Kier molecular flexibility index (Phi) is 8.62. The van der Waals surface area contributed by atoms with Crippen LogP contribution in [0.2, 0.25) is 0 Å². The van der Waals surface area contributed by atoms with Crippen LogP contribution in [0, 0.1) is 0 Å². The third-order valence-electron chi connectivity index (χ3n) is 1.46. The number of aliphatic hydroxyl groups excluding tert-OH is 2. The zero-order valence-corrected chi connectivity index (χ0v) is 8.74. The molecule has 0 bridgehead atoms. The van der Waals surface area contributed by atoms with E-state index in [0.29, 0.717) is 19.8 Å². The lowest BCUT2D eigenvalue weighted by Crippen LogP contribution is -2.11. The molecule has 0 amide bonds. The van der Waals surface area contributed by atoms with Crippen LogP contribution in [0.4, 0.5) is 0 Å². The Morgan fingerprint density at radius 2 is 1.86 bits per heavy atom. The fourth-order valence-corrected chi connectivity index (χ4v) is 0.852. The Balaban J connectivity index is 2.96. The predicted octanol–water partition coefficient (Wildman–Crippen LogP) is 1.25. The van der Waals surface area contributed by atoms with Crippen LogP contribution in [0.5, 0.6) is 0 Å². The van der Waals surface area contributed by atoms with Crippen LogP contribution in [-0.2, 0) is 9.47 Å². The van der Waals surface area contributed by atoms with Crippen molar-refractivity contribution in [1.29, 1.82) is 0 Å². The summed E-state index contributed by atoms with van der Waals surface area (Å²) < 4.78 is 10.2. The highest BCUT2D eigenvalue weighted by atomic mass is 16.5. The summed E-state index contributed by atoms with van der Waals surface area (Å²) in [5.74, 6) is 0.0513. The van der Waals surface area contributed by atoms with Crippen molar-refractivity contribution in [3.05, 3.63) is 12.3 Å². The summed E-state index contributed by atoms with van der Waals surface area (Å²) >= 11 is 0. The summed E-state index contributed by atoms with van der Waals surface area (Å²) in [7, 11) is 0. The van der Waals surface area contributed by atoms with Crippen LogP contribution in [0.25, 0.3) is 0 Å². The molecule has 2 N–H and O–H groups in total. The Bertz CT molecular complexity index is 145. The molecular formula is C10H20O4. The number of unbranched alkanes of at least 4 members (excludes halogenated alkanes) is 1. The van der Waals surface area contributed by atoms with Crippen LogP contribution >= 0.6 is 0 Å². The maximum Gasteiger partial charge on any atom is 0.111 e. The normalized spacial score (nSPS) is 12.7. The summed E-state index contributed by atoms with van der Waals surface area (Å²) in [6.45, 7) is 6.80. The minimum absolute atomic E-state index is 0.0513. The standard InChI is InChI=1S/C10H20O4/c1-9(11)7-13-5-3-4-6-14-8-10(2)12/h10-12H,1,3-8H2,2H3. The third kappa shape index (κ3) is 11.4. The van der Waals surface area contributed by atoms with Gasteiger partial charge in [0.15, 0.2) is 0 Å². The van der Waals surface area contributed by atoms with Crippen LogP contribution < -0.4 is 0 Å². The smallest absolute Gasteiger partial charge is 0.111 e. The molecule has 1 atom stereocenters. The van der Waals surface area contributed by atoms with Gasteiger partial charge in [-0.1, -0.05) is 6.58 Å². The van der Waals surface area contributed by atoms with E-state index in [-0.39, 0.29) is 12.4 Å². The van der Waals surface area contributed by atoms with Crippen molar-refractivity contribution in [2.75, 3.05) is 26.4 Å². The van der Waals surface area contributed by atoms with Gasteiger partial charge in [0, 0.05) is 13.2 Å². The van der Waals surface area contributed by atoms with Gasteiger partial charge in [0.1, 0.15) is 12.4 Å². The molecule has 0 saturated carbocycles. The number of hydrogen-bond acceptors (Lipinski definition) is 4. The Labute approximate surface area is 85.1 Å². The van der Waals surface area contributed by atoms with Gasteiger partial charge in [0.25, 0.3) is 0 Å². The molecular weight excluding hydrogens is 184 g/mol. The minimum Gasteiger partial charge on any atom is -0.510 e. The second-order valence-corrected chi connectivity index (χ2v) is 3.25. The molecule has 0 aliphatic carbocycles. The van der Waals surface area contributed by atoms with Crippen molar-refractivity contribution < 1.29 is 19.7 Å². The van der Waals surface area contributed by atoms with Gasteiger partial charge < -0.3 is 19.7 Å². The summed E-state index contributed by atoms with van der Waals surface area (Å²) in [5, 5.41) is 17.5. The first-order valence-corrected chi connectivity index (χ1v) is 4.83. The number of rotatable bonds is 9. The highest BCUT2D eigenvalue weighted by molar-refractivity contribution is 4.77. The summed E-state index contributed by atoms with van der Waals surface area (Å²) in [6.07, 6.45) is 1.38. The first kappa shape index (κ1) is 13.4. The lowest BCUT2D eigenvalue weighted by molar-refractivity contribution is 0.0408. The maximum atomic E-state index is 8.87. The summed E-state index contributed by atoms with van der Waals surface area (Å²) in [4.78, 5) is 0. The molecule has 0 aliphatic rings. The van der Waals surface area contributed by atoms with Crippen molar-refractivity contribution in [3.63, 3.8) is 0 Å². The van der Waals surface area contributed by atoms with Gasteiger partial charge in [-0.05, 0) is 19.8 Å². The van der Waals surface area contributed by atoms with E-state index in [1.54, 1.807) is 6.92 Å². The van der Waals surface area contributed by atoms with E-state index in [4.69, 9.17) is 19.7 Å². The molecule has 0 heterocycles. The maximum absolute atomic E-state index is 8.87. The highest BCUT2D eigenvalue weighted by Gasteiger charge is 1.95. The van der Waals surface area contributed by atoms with Gasteiger partial charge in [-0.15, -0.1) is 0 Å². The molecule has 84 valence electrons. The molecule has 0 aromatic heterocycles. The molecule has 0 radical (unpaired) electrons. The van der Waals surface area contributed by atoms with Gasteiger partial charge in [0.05, 0.1) is 12.7 Å². The molecule has 0 rings (SSSR count). The molecule has 14 heavy (non-hydrogen) atoms. The minimum atomic E-state index is -0.399. The van der Waals surface area contributed by atoms with Crippen molar-refractivity contribution in [1.82, 2.24) is 0 Å². The summed E-state index contributed by atoms with van der Waals surface area (Å²) in [6, 6.07) is 0. The molecule has 1 unspecified atom stereocenters. The zero-order valence-electron chi connectivity index (χ0n) is 8.74. The molecule has 0 fully saturated rings. The molecule has 0 spiro atoms. The van der Waals surface area contributed by atoms with Crippen LogP contribution in [0.1, 0.15) is 19.8 Å². The second kappa shape index (κ2) is 8.99. The predicted molar refractivity (Wildman–Crippen MR) is 54.3 cm³/mol. The lowest BCUT2D eigenvalue weighted by Gasteiger charge is -2.06. The van der Waals surface area contributed by atoms with E-state index in [1.165, 1.54) is 0 Å². The van der Waals surface area contributed by atoms with Crippen LogP contribution in [0.3, 0.4) is 0 Å². The highest BCUT2D eigenvalue weighted by Crippen LogP contribution is 1.94. The monoisotopic (exact) mass is 204 g/mol. The van der Waals surface area contributed by atoms with Gasteiger partial charge in [-0.2, -0.15) is 0 Å². The second-order valence-electron chi connectivity index (χ2n) is 3.25. The van der Waals surface area contributed by atoms with Gasteiger partial charge in [0.2, 0.25) is 0 Å². The molecule has 4 nitrogen and oxygen atoms in total. The lowest BCUT2D eigenvalue weighted by atomic mass is 10.3.